The number of nitrogens with one attached hydrogen (secondary N) is 1. The first-order valence-electron chi connectivity index (χ1n) is 9.59. The number of morpholine rings is 1. The van der Waals surface area contributed by atoms with Crippen LogP contribution in [0.2, 0.25) is 0 Å². The number of nitrogens with two attached hydrogens (primary N) is 1. The molecule has 0 spiro atoms. The lowest BCUT2D eigenvalue weighted by Gasteiger charge is -2.33. The molecule has 0 saturated carbocycles. The van der Waals surface area contributed by atoms with Crippen LogP contribution in [0.4, 0.5) is 0 Å². The molecule has 144 valence electrons. The van der Waals surface area contributed by atoms with Crippen molar-refractivity contribution in [2.24, 2.45) is 11.7 Å². The summed E-state index contributed by atoms with van der Waals surface area (Å²) in [6, 6.07) is 19.9. The second-order valence-corrected chi connectivity index (χ2v) is 7.18. The highest BCUT2D eigenvalue weighted by atomic mass is 16.5. The van der Waals surface area contributed by atoms with E-state index in [2.05, 4.69) is 34.5 Å². The molecular weight excluding hydrogens is 338 g/mol. The maximum absolute atomic E-state index is 12.5. The molecule has 0 radical (unpaired) electrons. The van der Waals surface area contributed by atoms with Crippen molar-refractivity contribution in [3.8, 4) is 0 Å². The molecular formula is C22H29N3O2. The van der Waals surface area contributed by atoms with Gasteiger partial charge in [0.1, 0.15) is 0 Å². The van der Waals surface area contributed by atoms with E-state index in [1.54, 1.807) is 0 Å². The van der Waals surface area contributed by atoms with E-state index >= 15 is 0 Å². The molecule has 1 aliphatic heterocycles. The van der Waals surface area contributed by atoms with Crippen LogP contribution in [0.1, 0.15) is 24.1 Å². The van der Waals surface area contributed by atoms with Crippen LogP contribution >= 0.6 is 0 Å². The van der Waals surface area contributed by atoms with Crippen molar-refractivity contribution in [2.75, 3.05) is 26.2 Å². The normalized spacial score (nSPS) is 20.0. The quantitative estimate of drug-likeness (QED) is 0.788. The minimum Gasteiger partial charge on any atom is -0.374 e. The van der Waals surface area contributed by atoms with E-state index in [4.69, 9.17) is 10.5 Å². The van der Waals surface area contributed by atoms with E-state index < -0.39 is 0 Å². The maximum atomic E-state index is 12.5. The van der Waals surface area contributed by atoms with Crippen molar-refractivity contribution in [3.63, 3.8) is 0 Å². The van der Waals surface area contributed by atoms with E-state index in [1.165, 1.54) is 5.56 Å². The molecule has 3 atom stereocenters. The van der Waals surface area contributed by atoms with Crippen LogP contribution in [0.25, 0.3) is 0 Å². The average Bonchev–Trinajstić information content (AvgIpc) is 2.72. The molecule has 3 unspecified atom stereocenters. The maximum Gasteiger partial charge on any atom is 0.224 e. The van der Waals surface area contributed by atoms with Crippen LogP contribution in [-0.4, -0.2) is 43.2 Å². The molecule has 1 aliphatic rings. The Morgan fingerprint density at radius 1 is 1.19 bits per heavy atom. The molecule has 3 rings (SSSR count). The first-order chi connectivity index (χ1) is 13.1. The molecule has 3 N–H and O–H groups in total. The van der Waals surface area contributed by atoms with E-state index in [-0.39, 0.29) is 24.0 Å². The van der Waals surface area contributed by atoms with Crippen molar-refractivity contribution in [2.45, 2.75) is 25.6 Å². The third-order valence-corrected chi connectivity index (χ3v) is 5.11. The van der Waals surface area contributed by atoms with E-state index in [1.807, 2.05) is 43.3 Å². The fraction of sp³-hybridized carbons (Fsp3) is 0.409. The molecule has 5 heteroatoms. The Bertz CT molecular complexity index is 708. The first kappa shape index (κ1) is 19.5. The zero-order valence-corrected chi connectivity index (χ0v) is 15.9. The van der Waals surface area contributed by atoms with Crippen LogP contribution in [0.3, 0.4) is 0 Å². The number of benzene rings is 2. The Morgan fingerprint density at radius 2 is 1.85 bits per heavy atom. The molecule has 2 aromatic rings. The summed E-state index contributed by atoms with van der Waals surface area (Å²) < 4.78 is 5.83. The van der Waals surface area contributed by atoms with Crippen LogP contribution < -0.4 is 11.1 Å². The van der Waals surface area contributed by atoms with Gasteiger partial charge in [0.2, 0.25) is 5.91 Å². The molecule has 1 amide bonds. The molecule has 1 fully saturated rings. The Labute approximate surface area is 161 Å². The molecule has 0 aromatic heterocycles. The summed E-state index contributed by atoms with van der Waals surface area (Å²) >= 11 is 0. The van der Waals surface area contributed by atoms with Crippen LogP contribution in [0, 0.1) is 5.92 Å². The van der Waals surface area contributed by atoms with E-state index in [0.29, 0.717) is 13.2 Å². The first-order valence-corrected chi connectivity index (χ1v) is 9.59. The van der Waals surface area contributed by atoms with Crippen LogP contribution in [0.5, 0.6) is 0 Å². The summed E-state index contributed by atoms with van der Waals surface area (Å²) in [4.78, 5) is 14.9. The lowest BCUT2D eigenvalue weighted by atomic mass is 9.94. The van der Waals surface area contributed by atoms with Gasteiger partial charge < -0.3 is 15.8 Å². The highest BCUT2D eigenvalue weighted by Crippen LogP contribution is 2.19. The number of ether oxygens (including phenoxy) is 1. The number of nitrogens with zero attached hydrogens (tertiary/aromatic N) is 1. The fourth-order valence-corrected chi connectivity index (χ4v) is 3.39. The monoisotopic (exact) mass is 367 g/mol. The molecule has 5 nitrogen and oxygen atoms in total. The molecule has 1 heterocycles. The zero-order valence-electron chi connectivity index (χ0n) is 15.9. The number of rotatable bonds is 7. The summed E-state index contributed by atoms with van der Waals surface area (Å²) in [5.41, 5.74) is 8.53. The van der Waals surface area contributed by atoms with Gasteiger partial charge in [-0.2, -0.15) is 0 Å². The zero-order chi connectivity index (χ0) is 19.1. The highest BCUT2D eigenvalue weighted by Gasteiger charge is 2.25. The van der Waals surface area contributed by atoms with Gasteiger partial charge in [-0.05, 0) is 11.1 Å². The number of amides is 1. The van der Waals surface area contributed by atoms with Crippen molar-refractivity contribution in [1.82, 2.24) is 10.2 Å². The third-order valence-electron chi connectivity index (χ3n) is 5.11. The largest absolute Gasteiger partial charge is 0.374 e. The van der Waals surface area contributed by atoms with Gasteiger partial charge in [0.05, 0.1) is 18.6 Å². The second-order valence-electron chi connectivity index (χ2n) is 7.18. The lowest BCUT2D eigenvalue weighted by Crippen LogP contribution is -2.48. The van der Waals surface area contributed by atoms with Gasteiger partial charge in [-0.25, -0.2) is 0 Å². The predicted octanol–water partition coefficient (Wildman–Crippen LogP) is 2.34. The molecule has 0 bridgehead atoms. The van der Waals surface area contributed by atoms with Crippen molar-refractivity contribution in [1.29, 1.82) is 0 Å². The van der Waals surface area contributed by atoms with Gasteiger partial charge in [0, 0.05) is 32.2 Å². The van der Waals surface area contributed by atoms with Crippen molar-refractivity contribution < 1.29 is 9.53 Å². The standard InChI is InChI=1S/C22H29N3O2/c1-17(21(23)19-10-6-3-7-11-19)22(26)24-14-20-16-25(12-13-27-20)15-18-8-4-2-5-9-18/h2-11,17,20-21H,12-16,23H2,1H3,(H,24,26). The van der Waals surface area contributed by atoms with Crippen molar-refractivity contribution in [3.05, 3.63) is 71.8 Å². The fourth-order valence-electron chi connectivity index (χ4n) is 3.39. The Hall–Kier alpha value is -2.21. The van der Waals surface area contributed by atoms with Crippen molar-refractivity contribution >= 4 is 5.91 Å². The summed E-state index contributed by atoms with van der Waals surface area (Å²) in [7, 11) is 0. The number of carbonyl (C=O) groups excluding carboxylic acids is 1. The average molecular weight is 367 g/mol. The SMILES string of the molecule is CC(C(=O)NCC1CN(Cc2ccccc2)CCO1)C(N)c1ccccc1. The van der Waals surface area contributed by atoms with Crippen LogP contribution in [-0.2, 0) is 16.1 Å². The number of hydrogen-bond acceptors (Lipinski definition) is 4. The smallest absolute Gasteiger partial charge is 0.224 e. The number of hydrogen-bond donors (Lipinski definition) is 2. The molecule has 0 aliphatic carbocycles. The minimum absolute atomic E-state index is 0.00608. The Kier molecular flexibility index (Phi) is 6.98. The summed E-state index contributed by atoms with van der Waals surface area (Å²) in [5.74, 6) is -0.327. The number of carbonyl (C=O) groups is 1. The van der Waals surface area contributed by atoms with E-state index in [9.17, 15) is 4.79 Å². The van der Waals surface area contributed by atoms with Crippen LogP contribution in [0.15, 0.2) is 60.7 Å². The van der Waals surface area contributed by atoms with Gasteiger partial charge >= 0.3 is 0 Å². The summed E-state index contributed by atoms with van der Waals surface area (Å²) in [6.07, 6.45) is 0.00608. The van der Waals surface area contributed by atoms with Gasteiger partial charge in [-0.15, -0.1) is 0 Å². The van der Waals surface area contributed by atoms with Gasteiger partial charge in [0.15, 0.2) is 0 Å². The van der Waals surface area contributed by atoms with Gasteiger partial charge in [0.25, 0.3) is 0 Å². The van der Waals surface area contributed by atoms with Gasteiger partial charge in [-0.1, -0.05) is 67.6 Å². The predicted molar refractivity (Wildman–Crippen MR) is 107 cm³/mol. The van der Waals surface area contributed by atoms with Gasteiger partial charge in [-0.3, -0.25) is 9.69 Å². The topological polar surface area (TPSA) is 67.6 Å². The molecule has 2 aromatic carbocycles. The Balaban J connectivity index is 1.46. The lowest BCUT2D eigenvalue weighted by molar-refractivity contribution is -0.126. The Morgan fingerprint density at radius 3 is 2.56 bits per heavy atom. The molecule has 1 saturated heterocycles. The highest BCUT2D eigenvalue weighted by molar-refractivity contribution is 5.79. The minimum atomic E-state index is -0.312. The second kappa shape index (κ2) is 9.65. The summed E-state index contributed by atoms with van der Waals surface area (Å²) in [6.45, 7) is 5.70. The van der Waals surface area contributed by atoms with E-state index in [0.717, 1.165) is 25.2 Å². The summed E-state index contributed by atoms with van der Waals surface area (Å²) in [5, 5.41) is 3.02. The molecule has 27 heavy (non-hydrogen) atoms. The third kappa shape index (κ3) is 5.63.